The fourth-order valence-corrected chi connectivity index (χ4v) is 2.57. The largest absolute Gasteiger partial charge is 0.466 e. The van der Waals surface area contributed by atoms with Crippen molar-refractivity contribution in [2.24, 2.45) is 0 Å². The fraction of sp³-hybridized carbons (Fsp3) is 0.417. The number of ether oxygens (including phenoxy) is 1. The number of rotatable bonds is 6. The number of benzene rings is 1. The quantitative estimate of drug-likeness (QED) is 0.731. The highest BCUT2D eigenvalue weighted by molar-refractivity contribution is 7.89. The Bertz CT molecular complexity index is 484. The Morgan fingerprint density at radius 2 is 1.89 bits per heavy atom. The molecule has 1 aromatic carbocycles. The number of carbonyl (C=O) groups is 1. The molecular weight excluding hydrogens is 254 g/mol. The molecule has 0 saturated carbocycles. The van der Waals surface area contributed by atoms with E-state index in [4.69, 9.17) is 4.74 Å². The summed E-state index contributed by atoms with van der Waals surface area (Å²) < 4.78 is 30.1. The Morgan fingerprint density at radius 1 is 1.28 bits per heavy atom. The molecule has 6 heteroatoms. The third kappa shape index (κ3) is 3.82. The van der Waals surface area contributed by atoms with E-state index in [2.05, 4.69) is 0 Å². The molecule has 0 saturated heterocycles. The van der Waals surface area contributed by atoms with Gasteiger partial charge < -0.3 is 4.74 Å². The van der Waals surface area contributed by atoms with E-state index in [9.17, 15) is 13.2 Å². The minimum Gasteiger partial charge on any atom is -0.466 e. The van der Waals surface area contributed by atoms with Crippen LogP contribution in [-0.4, -0.2) is 38.9 Å². The molecule has 0 N–H and O–H groups in total. The molecule has 0 spiro atoms. The van der Waals surface area contributed by atoms with Gasteiger partial charge in [-0.25, -0.2) is 12.7 Å². The second-order valence-corrected chi connectivity index (χ2v) is 5.74. The highest BCUT2D eigenvalue weighted by Gasteiger charge is 2.20. The first-order chi connectivity index (χ1) is 8.48. The van der Waals surface area contributed by atoms with Crippen LogP contribution in [0.3, 0.4) is 0 Å². The average molecular weight is 271 g/mol. The van der Waals surface area contributed by atoms with Crippen LogP contribution >= 0.6 is 0 Å². The predicted octanol–water partition coefficient (Wildman–Crippen LogP) is 1.26. The molecule has 0 aliphatic heterocycles. The predicted molar refractivity (Wildman–Crippen MR) is 67.5 cm³/mol. The van der Waals surface area contributed by atoms with Gasteiger partial charge in [-0.2, -0.15) is 0 Å². The number of nitrogens with zero attached hydrogens (tertiary/aromatic N) is 1. The monoisotopic (exact) mass is 271 g/mol. The molecule has 0 aliphatic carbocycles. The molecule has 1 rings (SSSR count). The molecule has 5 nitrogen and oxygen atoms in total. The lowest BCUT2D eigenvalue weighted by atomic mass is 10.4. The van der Waals surface area contributed by atoms with E-state index in [1.54, 1.807) is 25.1 Å². The summed E-state index contributed by atoms with van der Waals surface area (Å²) in [5.74, 6) is -0.396. The Kier molecular flexibility index (Phi) is 5.30. The van der Waals surface area contributed by atoms with Crippen molar-refractivity contribution in [2.75, 3.05) is 20.2 Å². The summed E-state index contributed by atoms with van der Waals surface area (Å²) in [5.41, 5.74) is 0. The summed E-state index contributed by atoms with van der Waals surface area (Å²) in [5, 5.41) is 0. The van der Waals surface area contributed by atoms with Crippen molar-refractivity contribution >= 4 is 16.0 Å². The van der Waals surface area contributed by atoms with Crippen molar-refractivity contribution in [3.63, 3.8) is 0 Å². The molecule has 0 radical (unpaired) electrons. The van der Waals surface area contributed by atoms with Crippen molar-refractivity contribution in [2.45, 2.75) is 18.2 Å². The van der Waals surface area contributed by atoms with E-state index < -0.39 is 16.0 Å². The van der Waals surface area contributed by atoms with E-state index in [0.29, 0.717) is 6.61 Å². The summed E-state index contributed by atoms with van der Waals surface area (Å²) in [4.78, 5) is 11.4. The molecule has 0 amide bonds. The third-order valence-corrected chi connectivity index (χ3v) is 4.26. The number of carbonyl (C=O) groups excluding carboxylic acids is 1. The van der Waals surface area contributed by atoms with Crippen LogP contribution in [0, 0.1) is 0 Å². The molecule has 100 valence electrons. The first kappa shape index (κ1) is 14.7. The van der Waals surface area contributed by atoms with Gasteiger partial charge in [0.25, 0.3) is 0 Å². The SMILES string of the molecule is CCOC(=O)CCN(C)S(=O)(=O)c1ccccc1. The minimum atomic E-state index is -3.52. The minimum absolute atomic E-state index is 0.0520. The Morgan fingerprint density at radius 3 is 2.44 bits per heavy atom. The van der Waals surface area contributed by atoms with Crippen LogP contribution in [-0.2, 0) is 19.6 Å². The van der Waals surface area contributed by atoms with Gasteiger partial charge >= 0.3 is 5.97 Å². The topological polar surface area (TPSA) is 63.7 Å². The van der Waals surface area contributed by atoms with E-state index in [1.165, 1.54) is 19.2 Å². The molecule has 18 heavy (non-hydrogen) atoms. The van der Waals surface area contributed by atoms with Crippen molar-refractivity contribution in [3.8, 4) is 0 Å². The summed E-state index contributed by atoms with van der Waals surface area (Å²) in [6, 6.07) is 8.11. The molecule has 0 aromatic heterocycles. The first-order valence-corrected chi connectivity index (χ1v) is 7.09. The van der Waals surface area contributed by atoms with E-state index >= 15 is 0 Å². The molecule has 1 aromatic rings. The van der Waals surface area contributed by atoms with Crippen LogP contribution in [0.15, 0.2) is 35.2 Å². The number of esters is 1. The molecule has 0 fully saturated rings. The van der Waals surface area contributed by atoms with Crippen LogP contribution < -0.4 is 0 Å². The van der Waals surface area contributed by atoms with Gasteiger partial charge in [-0.15, -0.1) is 0 Å². The lowest BCUT2D eigenvalue weighted by Gasteiger charge is -2.16. The zero-order valence-electron chi connectivity index (χ0n) is 10.5. The highest BCUT2D eigenvalue weighted by atomic mass is 32.2. The zero-order valence-corrected chi connectivity index (χ0v) is 11.3. The summed E-state index contributed by atoms with van der Waals surface area (Å²) >= 11 is 0. The van der Waals surface area contributed by atoms with Crippen molar-refractivity contribution in [1.82, 2.24) is 4.31 Å². The van der Waals surface area contributed by atoms with E-state index in [0.717, 1.165) is 4.31 Å². The van der Waals surface area contributed by atoms with Crippen LogP contribution in [0.5, 0.6) is 0 Å². The van der Waals surface area contributed by atoms with Gasteiger partial charge in [-0.1, -0.05) is 18.2 Å². The number of hydrogen-bond donors (Lipinski definition) is 0. The van der Waals surface area contributed by atoms with E-state index in [-0.39, 0.29) is 17.9 Å². The van der Waals surface area contributed by atoms with Crippen LogP contribution in [0.2, 0.25) is 0 Å². The summed E-state index contributed by atoms with van der Waals surface area (Å²) in [7, 11) is -2.08. The second-order valence-electron chi connectivity index (χ2n) is 3.69. The van der Waals surface area contributed by atoms with Crippen LogP contribution in [0.1, 0.15) is 13.3 Å². The standard InChI is InChI=1S/C12H17NO4S/c1-3-17-12(14)9-10-13(2)18(15,16)11-7-5-4-6-8-11/h4-8H,3,9-10H2,1-2H3. The maximum absolute atomic E-state index is 12.1. The van der Waals surface area contributed by atoms with Gasteiger partial charge in [0.05, 0.1) is 17.9 Å². The van der Waals surface area contributed by atoms with Crippen molar-refractivity contribution < 1.29 is 17.9 Å². The summed E-state index contributed by atoms with van der Waals surface area (Å²) in [6.07, 6.45) is 0.0520. The molecular formula is C12H17NO4S. The van der Waals surface area contributed by atoms with Crippen molar-refractivity contribution in [3.05, 3.63) is 30.3 Å². The molecule has 0 bridgehead atoms. The van der Waals surface area contributed by atoms with Crippen LogP contribution in [0.4, 0.5) is 0 Å². The Balaban J connectivity index is 2.66. The Labute approximate surface area is 107 Å². The molecule has 0 unspecified atom stereocenters. The fourth-order valence-electron chi connectivity index (χ4n) is 1.37. The highest BCUT2D eigenvalue weighted by Crippen LogP contribution is 2.13. The lowest BCUT2D eigenvalue weighted by Crippen LogP contribution is -2.29. The van der Waals surface area contributed by atoms with Gasteiger partial charge in [0.2, 0.25) is 10.0 Å². The smallest absolute Gasteiger partial charge is 0.307 e. The van der Waals surface area contributed by atoms with E-state index in [1.807, 2.05) is 0 Å². The van der Waals surface area contributed by atoms with Gasteiger partial charge in [0.15, 0.2) is 0 Å². The van der Waals surface area contributed by atoms with Crippen molar-refractivity contribution in [1.29, 1.82) is 0 Å². The maximum atomic E-state index is 12.1. The van der Waals surface area contributed by atoms with Gasteiger partial charge in [0, 0.05) is 13.6 Å². The first-order valence-electron chi connectivity index (χ1n) is 5.65. The van der Waals surface area contributed by atoms with Gasteiger partial charge in [-0.05, 0) is 19.1 Å². The Hall–Kier alpha value is -1.40. The third-order valence-electron chi connectivity index (χ3n) is 2.39. The number of hydrogen-bond acceptors (Lipinski definition) is 4. The summed E-state index contributed by atoms with van der Waals surface area (Å²) in [6.45, 7) is 2.12. The lowest BCUT2D eigenvalue weighted by molar-refractivity contribution is -0.143. The van der Waals surface area contributed by atoms with Gasteiger partial charge in [0.1, 0.15) is 0 Å². The molecule has 0 atom stereocenters. The number of sulfonamides is 1. The van der Waals surface area contributed by atoms with Gasteiger partial charge in [-0.3, -0.25) is 4.79 Å². The zero-order chi connectivity index (χ0) is 13.6. The molecule has 0 heterocycles. The average Bonchev–Trinajstić information content (AvgIpc) is 2.37. The second kappa shape index (κ2) is 6.51. The molecule has 0 aliphatic rings. The van der Waals surface area contributed by atoms with Crippen LogP contribution in [0.25, 0.3) is 0 Å². The normalized spacial score (nSPS) is 11.5. The maximum Gasteiger partial charge on any atom is 0.307 e.